The third-order valence-electron chi connectivity index (χ3n) is 4.06. The third-order valence-corrected chi connectivity index (χ3v) is 4.06. The molecule has 0 amide bonds. The number of fused-ring (bicyclic) bond motifs is 1. The van der Waals surface area contributed by atoms with Gasteiger partial charge in [-0.25, -0.2) is 0 Å². The molecule has 94 valence electrons. The second-order valence-electron chi connectivity index (χ2n) is 5.36. The summed E-state index contributed by atoms with van der Waals surface area (Å²) in [5.41, 5.74) is 0. The van der Waals surface area contributed by atoms with Crippen molar-refractivity contribution in [3.05, 3.63) is 0 Å². The van der Waals surface area contributed by atoms with Crippen LogP contribution in [0.1, 0.15) is 38.5 Å². The average molecular weight is 226 g/mol. The zero-order chi connectivity index (χ0) is 11.2. The van der Waals surface area contributed by atoms with Crippen molar-refractivity contribution in [2.75, 3.05) is 32.8 Å². The van der Waals surface area contributed by atoms with E-state index in [4.69, 9.17) is 5.11 Å². The van der Waals surface area contributed by atoms with Crippen LogP contribution in [0.15, 0.2) is 0 Å². The molecular formula is C13H26N2O. The van der Waals surface area contributed by atoms with Gasteiger partial charge in [-0.1, -0.05) is 12.8 Å². The van der Waals surface area contributed by atoms with Crippen molar-refractivity contribution in [3.63, 3.8) is 0 Å². The van der Waals surface area contributed by atoms with Gasteiger partial charge in [-0.15, -0.1) is 0 Å². The molecule has 2 aliphatic heterocycles. The minimum atomic E-state index is 0.359. The first-order valence-corrected chi connectivity index (χ1v) is 6.97. The molecule has 0 aromatic carbocycles. The molecule has 2 fully saturated rings. The lowest BCUT2D eigenvalue weighted by atomic mass is 9.94. The summed E-state index contributed by atoms with van der Waals surface area (Å²) in [5, 5.41) is 12.3. The molecule has 0 aliphatic carbocycles. The Morgan fingerprint density at radius 2 is 2.00 bits per heavy atom. The fraction of sp³-hybridized carbons (Fsp3) is 1.00. The van der Waals surface area contributed by atoms with Gasteiger partial charge >= 0.3 is 0 Å². The lowest BCUT2D eigenvalue weighted by Crippen LogP contribution is -2.40. The van der Waals surface area contributed by atoms with Gasteiger partial charge in [-0.3, -0.25) is 0 Å². The summed E-state index contributed by atoms with van der Waals surface area (Å²) < 4.78 is 0. The zero-order valence-corrected chi connectivity index (χ0v) is 10.3. The molecule has 0 aromatic rings. The summed E-state index contributed by atoms with van der Waals surface area (Å²) in [7, 11) is 0. The lowest BCUT2D eigenvalue weighted by molar-refractivity contribution is 0.276. The smallest absolute Gasteiger partial charge is 0.0431 e. The van der Waals surface area contributed by atoms with Crippen molar-refractivity contribution < 1.29 is 5.11 Å². The number of hydrogen-bond donors (Lipinski definition) is 2. The maximum atomic E-state index is 8.70. The molecule has 0 bridgehead atoms. The van der Waals surface area contributed by atoms with E-state index in [1.165, 1.54) is 58.3 Å². The molecule has 3 heteroatoms. The van der Waals surface area contributed by atoms with Crippen molar-refractivity contribution in [2.45, 2.75) is 44.6 Å². The van der Waals surface area contributed by atoms with E-state index in [0.717, 1.165) is 18.4 Å². The summed E-state index contributed by atoms with van der Waals surface area (Å²) in [6.07, 6.45) is 7.55. The number of aliphatic hydroxyl groups is 1. The van der Waals surface area contributed by atoms with Crippen LogP contribution in [0.2, 0.25) is 0 Å². The fourth-order valence-electron chi connectivity index (χ4n) is 3.12. The summed E-state index contributed by atoms with van der Waals surface area (Å²) in [6.45, 7) is 5.44. The second kappa shape index (κ2) is 6.58. The van der Waals surface area contributed by atoms with E-state index < -0.39 is 0 Å². The number of nitrogens with one attached hydrogen (secondary N) is 1. The van der Waals surface area contributed by atoms with Crippen LogP contribution in [-0.4, -0.2) is 48.8 Å². The van der Waals surface area contributed by atoms with Gasteiger partial charge in [0.25, 0.3) is 0 Å². The Bertz CT molecular complexity index is 184. The molecule has 0 saturated carbocycles. The Labute approximate surface area is 99.2 Å². The van der Waals surface area contributed by atoms with Gasteiger partial charge in [-0.05, 0) is 44.7 Å². The maximum Gasteiger partial charge on any atom is 0.0431 e. The van der Waals surface area contributed by atoms with Crippen LogP contribution in [0.4, 0.5) is 0 Å². The molecule has 2 saturated heterocycles. The molecule has 16 heavy (non-hydrogen) atoms. The van der Waals surface area contributed by atoms with Crippen LogP contribution >= 0.6 is 0 Å². The van der Waals surface area contributed by atoms with Crippen LogP contribution in [0.3, 0.4) is 0 Å². The molecule has 0 radical (unpaired) electrons. The number of rotatable bonds is 6. The van der Waals surface area contributed by atoms with Crippen LogP contribution < -0.4 is 5.32 Å². The highest BCUT2D eigenvalue weighted by Crippen LogP contribution is 2.24. The highest BCUT2D eigenvalue weighted by atomic mass is 16.2. The monoisotopic (exact) mass is 226 g/mol. The average Bonchev–Trinajstić information content (AvgIpc) is 2.71. The Kier molecular flexibility index (Phi) is 5.07. The minimum absolute atomic E-state index is 0.359. The largest absolute Gasteiger partial charge is 0.396 e. The molecule has 3 nitrogen and oxygen atoms in total. The standard InChI is InChI=1S/C13H26N2O/c16-9-4-2-1-3-8-15-10-12-6-5-7-14-13(12)11-15/h12-14,16H,1-11H2/t12-,13+/m0/s1. The van der Waals surface area contributed by atoms with E-state index in [2.05, 4.69) is 10.2 Å². The van der Waals surface area contributed by atoms with E-state index in [0.29, 0.717) is 6.61 Å². The van der Waals surface area contributed by atoms with Crippen molar-refractivity contribution in [1.29, 1.82) is 0 Å². The lowest BCUT2D eigenvalue weighted by Gasteiger charge is -2.24. The Morgan fingerprint density at radius 3 is 2.81 bits per heavy atom. The summed E-state index contributed by atoms with van der Waals surface area (Å²) in [5.74, 6) is 0.922. The Hall–Kier alpha value is -0.120. The minimum Gasteiger partial charge on any atom is -0.396 e. The quantitative estimate of drug-likeness (QED) is 0.669. The summed E-state index contributed by atoms with van der Waals surface area (Å²) in [4.78, 5) is 2.63. The van der Waals surface area contributed by atoms with Gasteiger partial charge in [0, 0.05) is 25.7 Å². The van der Waals surface area contributed by atoms with Crippen molar-refractivity contribution in [3.8, 4) is 0 Å². The topological polar surface area (TPSA) is 35.5 Å². The van der Waals surface area contributed by atoms with Crippen LogP contribution in [0.25, 0.3) is 0 Å². The molecule has 0 aromatic heterocycles. The number of likely N-dealkylation sites (tertiary alicyclic amines) is 1. The van der Waals surface area contributed by atoms with Gasteiger partial charge in [0.15, 0.2) is 0 Å². The van der Waals surface area contributed by atoms with Gasteiger partial charge in [0.05, 0.1) is 0 Å². The first-order valence-electron chi connectivity index (χ1n) is 6.97. The number of nitrogens with zero attached hydrogens (tertiary/aromatic N) is 1. The van der Waals surface area contributed by atoms with Gasteiger partial charge in [-0.2, -0.15) is 0 Å². The highest BCUT2D eigenvalue weighted by Gasteiger charge is 2.33. The molecule has 2 heterocycles. The zero-order valence-electron chi connectivity index (χ0n) is 10.3. The van der Waals surface area contributed by atoms with Crippen molar-refractivity contribution in [1.82, 2.24) is 10.2 Å². The predicted molar refractivity (Wildman–Crippen MR) is 66.5 cm³/mol. The van der Waals surface area contributed by atoms with E-state index in [1.54, 1.807) is 0 Å². The number of aliphatic hydroxyl groups excluding tert-OH is 1. The van der Waals surface area contributed by atoms with E-state index in [-0.39, 0.29) is 0 Å². The van der Waals surface area contributed by atoms with Crippen LogP contribution in [0.5, 0.6) is 0 Å². The number of hydrogen-bond acceptors (Lipinski definition) is 3. The predicted octanol–water partition coefficient (Wildman–Crippen LogP) is 1.22. The van der Waals surface area contributed by atoms with Gasteiger partial charge in [0.2, 0.25) is 0 Å². The fourth-order valence-corrected chi connectivity index (χ4v) is 3.12. The third kappa shape index (κ3) is 3.44. The SMILES string of the molecule is OCCCCCCN1C[C@@H]2CCCN[C@@H]2C1. The summed E-state index contributed by atoms with van der Waals surface area (Å²) in [6, 6.07) is 0.784. The van der Waals surface area contributed by atoms with Crippen molar-refractivity contribution in [2.24, 2.45) is 5.92 Å². The normalized spacial score (nSPS) is 30.6. The van der Waals surface area contributed by atoms with Gasteiger partial charge in [0.1, 0.15) is 0 Å². The molecular weight excluding hydrogens is 200 g/mol. The van der Waals surface area contributed by atoms with Crippen LogP contribution in [0, 0.1) is 5.92 Å². The number of piperidine rings is 1. The summed E-state index contributed by atoms with van der Waals surface area (Å²) >= 11 is 0. The van der Waals surface area contributed by atoms with Crippen LogP contribution in [-0.2, 0) is 0 Å². The first kappa shape index (κ1) is 12.3. The highest BCUT2D eigenvalue weighted by molar-refractivity contribution is 4.91. The number of unbranched alkanes of at least 4 members (excludes halogenated alkanes) is 3. The van der Waals surface area contributed by atoms with Gasteiger partial charge < -0.3 is 15.3 Å². The van der Waals surface area contributed by atoms with E-state index >= 15 is 0 Å². The molecule has 2 aliphatic rings. The molecule has 0 spiro atoms. The van der Waals surface area contributed by atoms with E-state index in [9.17, 15) is 0 Å². The first-order chi connectivity index (χ1) is 7.90. The Morgan fingerprint density at radius 1 is 1.12 bits per heavy atom. The second-order valence-corrected chi connectivity index (χ2v) is 5.36. The maximum absolute atomic E-state index is 8.70. The van der Waals surface area contributed by atoms with E-state index in [1.807, 2.05) is 0 Å². The molecule has 2 atom stereocenters. The molecule has 0 unspecified atom stereocenters. The molecule has 2 rings (SSSR count). The van der Waals surface area contributed by atoms with Crippen molar-refractivity contribution >= 4 is 0 Å². The Balaban J connectivity index is 1.57. The molecule has 2 N–H and O–H groups in total.